The first-order valence-electron chi connectivity index (χ1n) is 4.45. The molecule has 4 nitrogen and oxygen atoms in total. The number of esters is 2. The van der Waals surface area contributed by atoms with Gasteiger partial charge in [-0.15, -0.1) is 0 Å². The SMILES string of the molecule is CCCCOC(=O)CCOC(C)=O. The normalized spacial score (nSPS) is 9.38. The van der Waals surface area contributed by atoms with E-state index < -0.39 is 0 Å². The van der Waals surface area contributed by atoms with Gasteiger partial charge in [-0.25, -0.2) is 0 Å². The van der Waals surface area contributed by atoms with Gasteiger partial charge in [0, 0.05) is 6.92 Å². The van der Waals surface area contributed by atoms with Gasteiger partial charge in [0.05, 0.1) is 13.0 Å². The van der Waals surface area contributed by atoms with Crippen molar-refractivity contribution in [2.24, 2.45) is 0 Å². The van der Waals surface area contributed by atoms with E-state index >= 15 is 0 Å². The van der Waals surface area contributed by atoms with Gasteiger partial charge < -0.3 is 9.47 Å². The molecule has 0 aliphatic carbocycles. The standard InChI is InChI=1S/C9H16O4/c1-3-4-6-13-9(11)5-7-12-8(2)10/h3-7H2,1-2H3. The van der Waals surface area contributed by atoms with Gasteiger partial charge in [-0.05, 0) is 6.42 Å². The van der Waals surface area contributed by atoms with E-state index in [4.69, 9.17) is 4.74 Å². The van der Waals surface area contributed by atoms with Crippen LogP contribution in [0.2, 0.25) is 0 Å². The van der Waals surface area contributed by atoms with E-state index in [1.54, 1.807) is 0 Å². The summed E-state index contributed by atoms with van der Waals surface area (Å²) in [5.74, 6) is -0.684. The average Bonchev–Trinajstić information content (AvgIpc) is 2.04. The van der Waals surface area contributed by atoms with E-state index in [0.717, 1.165) is 12.8 Å². The predicted octanol–water partition coefficient (Wildman–Crippen LogP) is 1.28. The second-order valence-electron chi connectivity index (χ2n) is 2.66. The summed E-state index contributed by atoms with van der Waals surface area (Å²) in [5.41, 5.74) is 0. The monoisotopic (exact) mass is 188 g/mol. The maximum Gasteiger partial charge on any atom is 0.309 e. The predicted molar refractivity (Wildman–Crippen MR) is 47.1 cm³/mol. The van der Waals surface area contributed by atoms with Crippen LogP contribution in [-0.2, 0) is 19.1 Å². The second-order valence-corrected chi connectivity index (χ2v) is 2.66. The van der Waals surface area contributed by atoms with Crippen LogP contribution in [-0.4, -0.2) is 25.2 Å². The van der Waals surface area contributed by atoms with Crippen molar-refractivity contribution in [2.75, 3.05) is 13.2 Å². The van der Waals surface area contributed by atoms with Crippen molar-refractivity contribution in [3.05, 3.63) is 0 Å². The van der Waals surface area contributed by atoms with E-state index in [-0.39, 0.29) is 25.0 Å². The molecule has 0 atom stereocenters. The molecule has 0 aliphatic rings. The minimum atomic E-state index is -0.374. The third-order valence-electron chi connectivity index (χ3n) is 1.37. The molecule has 0 unspecified atom stereocenters. The summed E-state index contributed by atoms with van der Waals surface area (Å²) in [5, 5.41) is 0. The highest BCUT2D eigenvalue weighted by molar-refractivity contribution is 5.70. The van der Waals surface area contributed by atoms with Crippen LogP contribution in [0.1, 0.15) is 33.1 Å². The van der Waals surface area contributed by atoms with E-state index in [0.29, 0.717) is 6.61 Å². The first-order chi connectivity index (χ1) is 6.16. The fourth-order valence-electron chi connectivity index (χ4n) is 0.681. The maximum absolute atomic E-state index is 10.9. The first kappa shape index (κ1) is 11.9. The Hall–Kier alpha value is -1.06. The van der Waals surface area contributed by atoms with Crippen molar-refractivity contribution in [3.8, 4) is 0 Å². The molecule has 0 saturated carbocycles. The topological polar surface area (TPSA) is 52.6 Å². The van der Waals surface area contributed by atoms with Crippen LogP contribution in [0.3, 0.4) is 0 Å². The second kappa shape index (κ2) is 7.58. The smallest absolute Gasteiger partial charge is 0.309 e. The molecular formula is C9H16O4. The highest BCUT2D eigenvalue weighted by atomic mass is 16.5. The van der Waals surface area contributed by atoms with Gasteiger partial charge in [0.25, 0.3) is 0 Å². The zero-order valence-corrected chi connectivity index (χ0v) is 8.17. The molecule has 0 amide bonds. The lowest BCUT2D eigenvalue weighted by Gasteiger charge is -2.03. The lowest BCUT2D eigenvalue weighted by molar-refractivity contribution is -0.148. The Balaban J connectivity index is 3.25. The fraction of sp³-hybridized carbons (Fsp3) is 0.778. The van der Waals surface area contributed by atoms with Crippen molar-refractivity contribution >= 4 is 11.9 Å². The molecular weight excluding hydrogens is 172 g/mol. The molecule has 0 fully saturated rings. The van der Waals surface area contributed by atoms with Crippen molar-refractivity contribution in [3.63, 3.8) is 0 Å². The van der Waals surface area contributed by atoms with Crippen molar-refractivity contribution in [2.45, 2.75) is 33.1 Å². The summed E-state index contributed by atoms with van der Waals surface area (Å²) in [4.78, 5) is 21.2. The molecule has 0 aromatic rings. The third-order valence-corrected chi connectivity index (χ3v) is 1.37. The van der Waals surface area contributed by atoms with Gasteiger partial charge in [0.2, 0.25) is 0 Å². The Morgan fingerprint density at radius 3 is 2.38 bits per heavy atom. The van der Waals surface area contributed by atoms with Crippen LogP contribution in [0.4, 0.5) is 0 Å². The van der Waals surface area contributed by atoms with Crippen LogP contribution in [0.5, 0.6) is 0 Å². The zero-order chi connectivity index (χ0) is 10.1. The Labute approximate surface area is 78.2 Å². The van der Waals surface area contributed by atoms with E-state index in [1.807, 2.05) is 6.92 Å². The summed E-state index contributed by atoms with van der Waals surface area (Å²) in [7, 11) is 0. The largest absolute Gasteiger partial charge is 0.466 e. The number of unbranched alkanes of at least 4 members (excludes halogenated alkanes) is 1. The molecule has 0 bridgehead atoms. The van der Waals surface area contributed by atoms with Crippen LogP contribution < -0.4 is 0 Å². The number of hydrogen-bond acceptors (Lipinski definition) is 4. The average molecular weight is 188 g/mol. The first-order valence-corrected chi connectivity index (χ1v) is 4.45. The molecule has 0 spiro atoms. The summed E-state index contributed by atoms with van der Waals surface area (Å²) in [6.45, 7) is 3.89. The minimum Gasteiger partial charge on any atom is -0.466 e. The molecule has 76 valence electrons. The summed E-state index contributed by atoms with van der Waals surface area (Å²) in [6, 6.07) is 0. The van der Waals surface area contributed by atoms with E-state index in [9.17, 15) is 9.59 Å². The Kier molecular flexibility index (Phi) is 6.96. The Bertz CT molecular complexity index is 165. The quantitative estimate of drug-likeness (QED) is 0.465. The molecule has 0 aromatic carbocycles. The van der Waals surface area contributed by atoms with Crippen molar-refractivity contribution < 1.29 is 19.1 Å². The third kappa shape index (κ3) is 8.85. The van der Waals surface area contributed by atoms with Crippen LogP contribution in [0.15, 0.2) is 0 Å². The van der Waals surface area contributed by atoms with E-state index in [2.05, 4.69) is 4.74 Å². The highest BCUT2D eigenvalue weighted by Gasteiger charge is 2.02. The molecule has 0 rings (SSSR count). The minimum absolute atomic E-state index is 0.111. The lowest BCUT2D eigenvalue weighted by Crippen LogP contribution is -2.10. The van der Waals surface area contributed by atoms with Crippen LogP contribution >= 0.6 is 0 Å². The lowest BCUT2D eigenvalue weighted by atomic mass is 10.4. The van der Waals surface area contributed by atoms with Gasteiger partial charge in [-0.1, -0.05) is 13.3 Å². The summed E-state index contributed by atoms with van der Waals surface area (Å²) >= 11 is 0. The number of rotatable bonds is 6. The van der Waals surface area contributed by atoms with Gasteiger partial charge in [-0.2, -0.15) is 0 Å². The van der Waals surface area contributed by atoms with Crippen LogP contribution in [0.25, 0.3) is 0 Å². The number of hydrogen-bond donors (Lipinski definition) is 0. The molecule has 0 saturated heterocycles. The summed E-state index contributed by atoms with van der Waals surface area (Å²) < 4.78 is 9.41. The number of ether oxygens (including phenoxy) is 2. The maximum atomic E-state index is 10.9. The molecule has 0 aromatic heterocycles. The van der Waals surface area contributed by atoms with Crippen molar-refractivity contribution in [1.82, 2.24) is 0 Å². The molecule has 0 radical (unpaired) electrons. The number of carbonyl (C=O) groups excluding carboxylic acids is 2. The van der Waals surface area contributed by atoms with Gasteiger partial charge in [0.15, 0.2) is 0 Å². The Morgan fingerprint density at radius 2 is 1.85 bits per heavy atom. The summed E-state index contributed by atoms with van der Waals surface area (Å²) in [6.07, 6.45) is 2.01. The van der Waals surface area contributed by atoms with E-state index in [1.165, 1.54) is 6.92 Å². The molecule has 4 heteroatoms. The molecule has 13 heavy (non-hydrogen) atoms. The highest BCUT2D eigenvalue weighted by Crippen LogP contribution is 1.92. The van der Waals surface area contributed by atoms with Gasteiger partial charge in [0.1, 0.15) is 6.61 Å². The molecule has 0 aliphatic heterocycles. The fourth-order valence-corrected chi connectivity index (χ4v) is 0.681. The van der Waals surface area contributed by atoms with Gasteiger partial charge in [-0.3, -0.25) is 9.59 Å². The molecule has 0 N–H and O–H groups in total. The van der Waals surface area contributed by atoms with Gasteiger partial charge >= 0.3 is 11.9 Å². The zero-order valence-electron chi connectivity index (χ0n) is 8.17. The van der Waals surface area contributed by atoms with Crippen LogP contribution in [0, 0.1) is 0 Å². The van der Waals surface area contributed by atoms with Crippen molar-refractivity contribution in [1.29, 1.82) is 0 Å². The number of carbonyl (C=O) groups is 2. The Morgan fingerprint density at radius 1 is 1.15 bits per heavy atom. The molecule has 0 heterocycles.